The van der Waals surface area contributed by atoms with Gasteiger partial charge in [-0.2, -0.15) is 0 Å². The van der Waals surface area contributed by atoms with Gasteiger partial charge in [0.15, 0.2) is 5.82 Å². The van der Waals surface area contributed by atoms with Gasteiger partial charge in [0.2, 0.25) is 5.95 Å². The van der Waals surface area contributed by atoms with Gasteiger partial charge in [-0.3, -0.25) is 4.79 Å². The Morgan fingerprint density at radius 2 is 1.87 bits per heavy atom. The first-order valence-corrected chi connectivity index (χ1v) is 7.02. The number of hydrogen-bond donors (Lipinski definition) is 2. The number of para-hydroxylation sites is 1. The highest BCUT2D eigenvalue weighted by atomic mass is 16.5. The standard InChI is InChI=1S/C16H15N5O2/c1-10-8-13(15(22)20-14-9-11(2)23-21-14)19-16(17-10)18-12-6-4-3-5-7-12/h3-9H,1-2H3,(H,17,18,19)(H,20,21,22). The summed E-state index contributed by atoms with van der Waals surface area (Å²) in [6.45, 7) is 3.55. The van der Waals surface area contributed by atoms with Crippen LogP contribution >= 0.6 is 0 Å². The Morgan fingerprint density at radius 3 is 2.57 bits per heavy atom. The number of nitrogens with one attached hydrogen (secondary N) is 2. The summed E-state index contributed by atoms with van der Waals surface area (Å²) in [5.41, 5.74) is 1.77. The van der Waals surface area contributed by atoms with Crippen LogP contribution in [0.1, 0.15) is 21.9 Å². The molecule has 2 aromatic heterocycles. The molecular formula is C16H15N5O2. The van der Waals surface area contributed by atoms with Gasteiger partial charge in [-0.25, -0.2) is 9.97 Å². The minimum Gasteiger partial charge on any atom is -0.360 e. The molecule has 0 saturated carbocycles. The molecule has 0 aliphatic heterocycles. The van der Waals surface area contributed by atoms with Crippen molar-refractivity contribution in [3.63, 3.8) is 0 Å². The number of carbonyl (C=O) groups is 1. The van der Waals surface area contributed by atoms with E-state index in [9.17, 15) is 4.79 Å². The lowest BCUT2D eigenvalue weighted by atomic mass is 10.3. The van der Waals surface area contributed by atoms with E-state index in [2.05, 4.69) is 25.8 Å². The van der Waals surface area contributed by atoms with Crippen LogP contribution in [0.3, 0.4) is 0 Å². The van der Waals surface area contributed by atoms with E-state index in [0.717, 1.165) is 5.69 Å². The molecule has 3 aromatic rings. The van der Waals surface area contributed by atoms with Crippen molar-refractivity contribution in [3.8, 4) is 0 Å². The number of rotatable bonds is 4. The average Bonchev–Trinajstić information content (AvgIpc) is 2.93. The van der Waals surface area contributed by atoms with Crippen LogP contribution < -0.4 is 10.6 Å². The number of aryl methyl sites for hydroxylation is 2. The number of carbonyl (C=O) groups excluding carboxylic acids is 1. The van der Waals surface area contributed by atoms with Gasteiger partial charge in [-0.15, -0.1) is 0 Å². The van der Waals surface area contributed by atoms with Gasteiger partial charge in [-0.05, 0) is 32.0 Å². The van der Waals surface area contributed by atoms with Crippen LogP contribution in [0, 0.1) is 13.8 Å². The third-order valence-corrected chi connectivity index (χ3v) is 2.99. The Hall–Kier alpha value is -3.22. The van der Waals surface area contributed by atoms with Crippen molar-refractivity contribution < 1.29 is 9.32 Å². The predicted octanol–water partition coefficient (Wildman–Crippen LogP) is 3.08. The monoisotopic (exact) mass is 309 g/mol. The molecule has 7 nitrogen and oxygen atoms in total. The average molecular weight is 309 g/mol. The summed E-state index contributed by atoms with van der Waals surface area (Å²) in [7, 11) is 0. The fourth-order valence-electron chi connectivity index (χ4n) is 2.00. The van der Waals surface area contributed by atoms with Gasteiger partial charge in [0.05, 0.1) is 0 Å². The largest absolute Gasteiger partial charge is 0.360 e. The van der Waals surface area contributed by atoms with Crippen molar-refractivity contribution >= 4 is 23.4 Å². The van der Waals surface area contributed by atoms with E-state index in [1.807, 2.05) is 30.3 Å². The second-order valence-electron chi connectivity index (χ2n) is 4.99. The minimum atomic E-state index is -0.375. The van der Waals surface area contributed by atoms with Gasteiger partial charge in [0.25, 0.3) is 5.91 Å². The molecule has 0 bridgehead atoms. The Labute approximate surface area is 132 Å². The Kier molecular flexibility index (Phi) is 4.01. The zero-order valence-corrected chi connectivity index (χ0v) is 12.7. The quantitative estimate of drug-likeness (QED) is 0.769. The van der Waals surface area contributed by atoms with E-state index in [1.54, 1.807) is 26.0 Å². The van der Waals surface area contributed by atoms with E-state index in [0.29, 0.717) is 23.2 Å². The first kappa shape index (κ1) is 14.7. The summed E-state index contributed by atoms with van der Waals surface area (Å²) in [5.74, 6) is 0.949. The molecule has 0 saturated heterocycles. The van der Waals surface area contributed by atoms with Gasteiger partial charge in [-0.1, -0.05) is 23.4 Å². The maximum Gasteiger partial charge on any atom is 0.275 e. The number of benzene rings is 1. The molecular weight excluding hydrogens is 294 g/mol. The fraction of sp³-hybridized carbons (Fsp3) is 0.125. The minimum absolute atomic E-state index is 0.247. The molecule has 0 radical (unpaired) electrons. The number of amides is 1. The highest BCUT2D eigenvalue weighted by Crippen LogP contribution is 2.14. The molecule has 1 amide bonds. The summed E-state index contributed by atoms with van der Waals surface area (Å²) in [4.78, 5) is 20.8. The fourth-order valence-corrected chi connectivity index (χ4v) is 2.00. The van der Waals surface area contributed by atoms with Crippen LogP contribution in [0.15, 0.2) is 47.0 Å². The molecule has 1 aromatic carbocycles. The summed E-state index contributed by atoms with van der Waals surface area (Å²) in [5, 5.41) is 9.43. The van der Waals surface area contributed by atoms with E-state index in [1.165, 1.54) is 0 Å². The lowest BCUT2D eigenvalue weighted by molar-refractivity contribution is 0.102. The molecule has 2 heterocycles. The second kappa shape index (κ2) is 6.27. The van der Waals surface area contributed by atoms with Crippen LogP contribution in [0.25, 0.3) is 0 Å². The highest BCUT2D eigenvalue weighted by Gasteiger charge is 2.13. The molecule has 0 spiro atoms. The molecule has 23 heavy (non-hydrogen) atoms. The maximum absolute atomic E-state index is 12.3. The number of aromatic nitrogens is 3. The molecule has 0 aliphatic carbocycles. The number of nitrogens with zero attached hydrogens (tertiary/aromatic N) is 3. The number of anilines is 3. The van der Waals surface area contributed by atoms with Crippen molar-refractivity contribution in [3.05, 3.63) is 59.6 Å². The summed E-state index contributed by atoms with van der Waals surface area (Å²) >= 11 is 0. The molecule has 2 N–H and O–H groups in total. The van der Waals surface area contributed by atoms with Crippen LogP contribution in [0.2, 0.25) is 0 Å². The van der Waals surface area contributed by atoms with Crippen molar-refractivity contribution in [2.24, 2.45) is 0 Å². The molecule has 116 valence electrons. The van der Waals surface area contributed by atoms with Gasteiger partial charge < -0.3 is 15.2 Å². The lowest BCUT2D eigenvalue weighted by Gasteiger charge is -2.07. The van der Waals surface area contributed by atoms with E-state index in [4.69, 9.17) is 4.52 Å². The smallest absolute Gasteiger partial charge is 0.275 e. The van der Waals surface area contributed by atoms with Crippen LogP contribution in [0.5, 0.6) is 0 Å². The first-order chi connectivity index (χ1) is 11.1. The highest BCUT2D eigenvalue weighted by molar-refractivity contribution is 6.02. The van der Waals surface area contributed by atoms with Crippen LogP contribution in [-0.4, -0.2) is 21.0 Å². The maximum atomic E-state index is 12.3. The molecule has 7 heteroatoms. The number of hydrogen-bond acceptors (Lipinski definition) is 6. The Morgan fingerprint density at radius 1 is 1.09 bits per heavy atom. The van der Waals surface area contributed by atoms with Gasteiger partial charge >= 0.3 is 0 Å². The normalized spacial score (nSPS) is 10.3. The van der Waals surface area contributed by atoms with Crippen molar-refractivity contribution in [2.75, 3.05) is 10.6 Å². The van der Waals surface area contributed by atoms with Crippen molar-refractivity contribution in [1.82, 2.24) is 15.1 Å². The van der Waals surface area contributed by atoms with Crippen molar-refractivity contribution in [2.45, 2.75) is 13.8 Å². The van der Waals surface area contributed by atoms with Crippen molar-refractivity contribution in [1.29, 1.82) is 0 Å². The topological polar surface area (TPSA) is 92.9 Å². The molecule has 0 unspecified atom stereocenters. The SMILES string of the molecule is Cc1cc(C(=O)Nc2cc(C)on2)nc(Nc2ccccc2)n1. The molecule has 0 atom stereocenters. The van der Waals surface area contributed by atoms with E-state index >= 15 is 0 Å². The lowest BCUT2D eigenvalue weighted by Crippen LogP contribution is -2.15. The molecule has 0 fully saturated rings. The zero-order chi connectivity index (χ0) is 16.2. The Balaban J connectivity index is 1.80. The third kappa shape index (κ3) is 3.70. The Bertz CT molecular complexity index is 829. The van der Waals surface area contributed by atoms with Crippen LogP contribution in [0.4, 0.5) is 17.5 Å². The van der Waals surface area contributed by atoms with Gasteiger partial charge in [0, 0.05) is 17.4 Å². The van der Waals surface area contributed by atoms with Crippen LogP contribution in [-0.2, 0) is 0 Å². The molecule has 0 aliphatic rings. The summed E-state index contributed by atoms with van der Waals surface area (Å²) in [6.07, 6.45) is 0. The zero-order valence-electron chi connectivity index (χ0n) is 12.7. The second-order valence-corrected chi connectivity index (χ2v) is 4.99. The van der Waals surface area contributed by atoms with Gasteiger partial charge in [0.1, 0.15) is 11.5 Å². The van der Waals surface area contributed by atoms with E-state index < -0.39 is 0 Å². The summed E-state index contributed by atoms with van der Waals surface area (Å²) in [6, 6.07) is 12.7. The first-order valence-electron chi connectivity index (χ1n) is 7.02. The third-order valence-electron chi connectivity index (χ3n) is 2.99. The summed E-state index contributed by atoms with van der Waals surface area (Å²) < 4.78 is 4.92. The predicted molar refractivity (Wildman–Crippen MR) is 85.7 cm³/mol. The molecule has 3 rings (SSSR count). The van der Waals surface area contributed by atoms with E-state index in [-0.39, 0.29) is 11.6 Å².